The average molecular weight is 289 g/mol. The maximum Gasteiger partial charge on any atom is 0.0449 e. The SMILES string of the molecule is CCNC(CN(C)C1CCN(C)CC1)c1ccc(C)cc1. The Morgan fingerprint density at radius 3 is 2.43 bits per heavy atom. The highest BCUT2D eigenvalue weighted by molar-refractivity contribution is 5.24. The average Bonchev–Trinajstić information content (AvgIpc) is 2.48. The molecular formula is C18H31N3. The van der Waals surface area contributed by atoms with Crippen LogP contribution in [0.5, 0.6) is 0 Å². The number of likely N-dealkylation sites (tertiary alicyclic amines) is 1. The molecular weight excluding hydrogens is 258 g/mol. The molecule has 1 atom stereocenters. The molecule has 0 spiro atoms. The number of benzene rings is 1. The van der Waals surface area contributed by atoms with Crippen molar-refractivity contribution in [2.24, 2.45) is 0 Å². The van der Waals surface area contributed by atoms with Crippen LogP contribution in [-0.4, -0.2) is 56.1 Å². The van der Waals surface area contributed by atoms with Crippen LogP contribution in [0.15, 0.2) is 24.3 Å². The zero-order valence-corrected chi connectivity index (χ0v) is 14.1. The number of rotatable bonds is 6. The molecule has 1 aromatic carbocycles. The summed E-state index contributed by atoms with van der Waals surface area (Å²) in [6.07, 6.45) is 2.58. The lowest BCUT2D eigenvalue weighted by Gasteiger charge is -2.37. The minimum Gasteiger partial charge on any atom is -0.309 e. The Morgan fingerprint density at radius 1 is 1.24 bits per heavy atom. The van der Waals surface area contributed by atoms with Crippen molar-refractivity contribution in [1.82, 2.24) is 15.1 Å². The summed E-state index contributed by atoms with van der Waals surface area (Å²) < 4.78 is 0. The Balaban J connectivity index is 1.97. The first kappa shape index (κ1) is 16.5. The van der Waals surface area contributed by atoms with Crippen LogP contribution in [0.25, 0.3) is 0 Å². The summed E-state index contributed by atoms with van der Waals surface area (Å²) >= 11 is 0. The lowest BCUT2D eigenvalue weighted by atomic mass is 10.0. The van der Waals surface area contributed by atoms with Crippen molar-refractivity contribution in [2.45, 2.75) is 38.8 Å². The number of piperidine rings is 1. The van der Waals surface area contributed by atoms with E-state index >= 15 is 0 Å². The first-order valence-corrected chi connectivity index (χ1v) is 8.29. The van der Waals surface area contributed by atoms with E-state index < -0.39 is 0 Å². The molecule has 1 heterocycles. The number of nitrogens with one attached hydrogen (secondary N) is 1. The molecule has 0 radical (unpaired) electrons. The third kappa shape index (κ3) is 4.80. The number of hydrogen-bond acceptors (Lipinski definition) is 3. The number of aryl methyl sites for hydroxylation is 1. The van der Waals surface area contributed by atoms with Gasteiger partial charge in [-0.05, 0) is 59.1 Å². The normalized spacial score (nSPS) is 19.1. The minimum atomic E-state index is 0.431. The summed E-state index contributed by atoms with van der Waals surface area (Å²) in [7, 11) is 4.51. The van der Waals surface area contributed by atoms with Crippen molar-refractivity contribution in [3.8, 4) is 0 Å². The highest BCUT2D eigenvalue weighted by Crippen LogP contribution is 2.19. The number of hydrogen-bond donors (Lipinski definition) is 1. The summed E-state index contributed by atoms with van der Waals surface area (Å²) in [5, 5.41) is 3.65. The third-order valence-electron chi connectivity index (χ3n) is 4.71. The third-order valence-corrected chi connectivity index (χ3v) is 4.71. The van der Waals surface area contributed by atoms with Crippen molar-refractivity contribution in [3.05, 3.63) is 35.4 Å². The van der Waals surface area contributed by atoms with E-state index in [1.165, 1.54) is 37.1 Å². The zero-order chi connectivity index (χ0) is 15.2. The van der Waals surface area contributed by atoms with Crippen LogP contribution in [0.2, 0.25) is 0 Å². The van der Waals surface area contributed by atoms with E-state index in [0.717, 1.165) is 19.1 Å². The van der Waals surface area contributed by atoms with E-state index in [9.17, 15) is 0 Å². The molecule has 0 amide bonds. The fourth-order valence-electron chi connectivity index (χ4n) is 3.21. The van der Waals surface area contributed by atoms with Gasteiger partial charge in [-0.15, -0.1) is 0 Å². The van der Waals surface area contributed by atoms with Crippen LogP contribution < -0.4 is 5.32 Å². The minimum absolute atomic E-state index is 0.431. The molecule has 1 aromatic rings. The first-order valence-electron chi connectivity index (χ1n) is 8.29. The molecule has 3 nitrogen and oxygen atoms in total. The second kappa shape index (κ2) is 7.92. The molecule has 1 N–H and O–H groups in total. The lowest BCUT2D eigenvalue weighted by molar-refractivity contribution is 0.134. The quantitative estimate of drug-likeness (QED) is 0.868. The summed E-state index contributed by atoms with van der Waals surface area (Å²) in [5.41, 5.74) is 2.74. The molecule has 1 aliphatic heterocycles. The van der Waals surface area contributed by atoms with Gasteiger partial charge in [-0.2, -0.15) is 0 Å². The molecule has 1 fully saturated rings. The van der Waals surface area contributed by atoms with Gasteiger partial charge in [0.25, 0.3) is 0 Å². The molecule has 0 bridgehead atoms. The number of likely N-dealkylation sites (N-methyl/N-ethyl adjacent to an activating group) is 2. The Morgan fingerprint density at radius 2 is 1.86 bits per heavy atom. The van der Waals surface area contributed by atoms with Crippen molar-refractivity contribution >= 4 is 0 Å². The monoisotopic (exact) mass is 289 g/mol. The highest BCUT2D eigenvalue weighted by Gasteiger charge is 2.23. The van der Waals surface area contributed by atoms with Gasteiger partial charge in [0, 0.05) is 18.6 Å². The first-order chi connectivity index (χ1) is 10.1. The molecule has 118 valence electrons. The smallest absolute Gasteiger partial charge is 0.0449 e. The predicted molar refractivity (Wildman–Crippen MR) is 90.7 cm³/mol. The van der Waals surface area contributed by atoms with Crippen molar-refractivity contribution in [3.63, 3.8) is 0 Å². The molecule has 1 saturated heterocycles. The fourth-order valence-corrected chi connectivity index (χ4v) is 3.21. The summed E-state index contributed by atoms with van der Waals surface area (Å²) in [6.45, 7) is 8.90. The predicted octanol–water partition coefficient (Wildman–Crippen LogP) is 2.67. The van der Waals surface area contributed by atoms with E-state index in [2.05, 4.69) is 67.3 Å². The standard InChI is InChI=1S/C18H31N3/c1-5-19-18(16-8-6-15(2)7-9-16)14-21(4)17-10-12-20(3)13-11-17/h6-9,17-19H,5,10-14H2,1-4H3. The summed E-state index contributed by atoms with van der Waals surface area (Å²) in [5.74, 6) is 0. The summed E-state index contributed by atoms with van der Waals surface area (Å²) in [4.78, 5) is 4.99. The van der Waals surface area contributed by atoms with Gasteiger partial charge >= 0.3 is 0 Å². The second-order valence-corrected chi connectivity index (χ2v) is 6.49. The van der Waals surface area contributed by atoms with Crippen LogP contribution in [0.3, 0.4) is 0 Å². The maximum absolute atomic E-state index is 3.65. The van der Waals surface area contributed by atoms with E-state index in [4.69, 9.17) is 0 Å². The van der Waals surface area contributed by atoms with Crippen LogP contribution in [0, 0.1) is 6.92 Å². The Bertz CT molecular complexity index is 407. The van der Waals surface area contributed by atoms with Gasteiger partial charge in [-0.25, -0.2) is 0 Å². The second-order valence-electron chi connectivity index (χ2n) is 6.49. The van der Waals surface area contributed by atoms with Crippen LogP contribution in [0.1, 0.15) is 36.9 Å². The molecule has 0 saturated carbocycles. The molecule has 3 heteroatoms. The fraction of sp³-hybridized carbons (Fsp3) is 0.667. The molecule has 21 heavy (non-hydrogen) atoms. The Labute approximate surface area is 130 Å². The van der Waals surface area contributed by atoms with Gasteiger partial charge in [0.15, 0.2) is 0 Å². The van der Waals surface area contributed by atoms with Gasteiger partial charge < -0.3 is 15.1 Å². The van der Waals surface area contributed by atoms with E-state index in [1.807, 2.05) is 0 Å². The zero-order valence-electron chi connectivity index (χ0n) is 14.1. The number of nitrogens with zero attached hydrogens (tertiary/aromatic N) is 2. The molecule has 0 aliphatic carbocycles. The molecule has 1 unspecified atom stereocenters. The Hall–Kier alpha value is -0.900. The van der Waals surface area contributed by atoms with Gasteiger partial charge in [-0.3, -0.25) is 0 Å². The van der Waals surface area contributed by atoms with Crippen molar-refractivity contribution in [1.29, 1.82) is 0 Å². The van der Waals surface area contributed by atoms with Gasteiger partial charge in [0.1, 0.15) is 0 Å². The summed E-state index contributed by atoms with van der Waals surface area (Å²) in [6, 6.07) is 10.1. The van der Waals surface area contributed by atoms with Crippen LogP contribution in [-0.2, 0) is 0 Å². The van der Waals surface area contributed by atoms with Gasteiger partial charge in [0.05, 0.1) is 0 Å². The largest absolute Gasteiger partial charge is 0.309 e. The van der Waals surface area contributed by atoms with E-state index in [0.29, 0.717) is 6.04 Å². The van der Waals surface area contributed by atoms with E-state index in [1.54, 1.807) is 0 Å². The van der Waals surface area contributed by atoms with Crippen LogP contribution in [0.4, 0.5) is 0 Å². The molecule has 0 aromatic heterocycles. The van der Waals surface area contributed by atoms with Crippen LogP contribution >= 0.6 is 0 Å². The molecule has 2 rings (SSSR count). The van der Waals surface area contributed by atoms with Crippen molar-refractivity contribution < 1.29 is 0 Å². The van der Waals surface area contributed by atoms with E-state index in [-0.39, 0.29) is 0 Å². The van der Waals surface area contributed by atoms with Gasteiger partial charge in [-0.1, -0.05) is 36.8 Å². The topological polar surface area (TPSA) is 18.5 Å². The maximum atomic E-state index is 3.65. The molecule has 1 aliphatic rings. The van der Waals surface area contributed by atoms with Crippen molar-refractivity contribution in [2.75, 3.05) is 40.3 Å². The van der Waals surface area contributed by atoms with Gasteiger partial charge in [0.2, 0.25) is 0 Å². The Kier molecular flexibility index (Phi) is 6.22. The highest BCUT2D eigenvalue weighted by atomic mass is 15.2. The lowest BCUT2D eigenvalue weighted by Crippen LogP contribution is -2.44.